The summed E-state index contributed by atoms with van der Waals surface area (Å²) in [4.78, 5) is 4.48. The van der Waals surface area contributed by atoms with E-state index in [1.165, 1.54) is 0 Å². The van der Waals surface area contributed by atoms with Crippen molar-refractivity contribution < 1.29 is 13.9 Å². The minimum absolute atomic E-state index is 0.306. The summed E-state index contributed by atoms with van der Waals surface area (Å²) < 4.78 is 16.4. The molecule has 0 aromatic carbocycles. The highest BCUT2D eigenvalue weighted by Crippen LogP contribution is 2.11. The predicted octanol–water partition coefficient (Wildman–Crippen LogP) is 1.92. The van der Waals surface area contributed by atoms with Gasteiger partial charge in [-0.2, -0.15) is 0 Å². The van der Waals surface area contributed by atoms with Crippen molar-refractivity contribution in [3.63, 3.8) is 0 Å². The average molecular weight is 309 g/mol. The maximum atomic E-state index is 5.64. The number of hydrogen-bond acceptors (Lipinski definition) is 4. The number of furan rings is 1. The van der Waals surface area contributed by atoms with Gasteiger partial charge in [-0.1, -0.05) is 0 Å². The largest absolute Gasteiger partial charge is 0.467 e. The van der Waals surface area contributed by atoms with Gasteiger partial charge >= 0.3 is 0 Å². The SMILES string of the molecule is CCNC(=NCc1ccco1)NCCCOCC1CCCO1. The maximum absolute atomic E-state index is 5.64. The van der Waals surface area contributed by atoms with Gasteiger partial charge < -0.3 is 24.5 Å². The van der Waals surface area contributed by atoms with Crippen LogP contribution in [0.4, 0.5) is 0 Å². The predicted molar refractivity (Wildman–Crippen MR) is 85.9 cm³/mol. The van der Waals surface area contributed by atoms with Gasteiger partial charge in [-0.25, -0.2) is 4.99 Å². The van der Waals surface area contributed by atoms with E-state index in [1.54, 1.807) is 6.26 Å². The molecule has 1 unspecified atom stereocenters. The molecular weight excluding hydrogens is 282 g/mol. The first-order chi connectivity index (χ1) is 10.9. The lowest BCUT2D eigenvalue weighted by molar-refractivity contribution is 0.0168. The van der Waals surface area contributed by atoms with E-state index in [0.717, 1.165) is 57.3 Å². The molecule has 0 bridgehead atoms. The Morgan fingerprint density at radius 1 is 1.45 bits per heavy atom. The minimum Gasteiger partial charge on any atom is -0.467 e. The highest BCUT2D eigenvalue weighted by atomic mass is 16.5. The highest BCUT2D eigenvalue weighted by molar-refractivity contribution is 5.79. The second-order valence-electron chi connectivity index (χ2n) is 5.26. The second-order valence-corrected chi connectivity index (χ2v) is 5.26. The van der Waals surface area contributed by atoms with Crippen LogP contribution in [0, 0.1) is 0 Å². The normalized spacial score (nSPS) is 18.6. The number of aliphatic imine (C=N–C) groups is 1. The third-order valence-electron chi connectivity index (χ3n) is 3.40. The highest BCUT2D eigenvalue weighted by Gasteiger charge is 2.14. The summed E-state index contributed by atoms with van der Waals surface area (Å²) in [5.41, 5.74) is 0. The Morgan fingerprint density at radius 2 is 2.41 bits per heavy atom. The number of nitrogens with one attached hydrogen (secondary N) is 2. The molecule has 0 spiro atoms. The zero-order chi connectivity index (χ0) is 15.5. The topological polar surface area (TPSA) is 68.0 Å². The minimum atomic E-state index is 0.306. The molecule has 2 N–H and O–H groups in total. The van der Waals surface area contributed by atoms with Gasteiger partial charge in [0.25, 0.3) is 0 Å². The molecule has 0 aliphatic carbocycles. The van der Waals surface area contributed by atoms with Gasteiger partial charge in [-0.3, -0.25) is 0 Å². The average Bonchev–Trinajstić information content (AvgIpc) is 3.21. The molecule has 1 aromatic rings. The molecule has 22 heavy (non-hydrogen) atoms. The first-order valence-electron chi connectivity index (χ1n) is 8.12. The summed E-state index contributed by atoms with van der Waals surface area (Å²) in [7, 11) is 0. The lowest BCUT2D eigenvalue weighted by atomic mass is 10.2. The summed E-state index contributed by atoms with van der Waals surface area (Å²) in [6.45, 7) is 6.59. The van der Waals surface area contributed by atoms with Crippen LogP contribution in [0.15, 0.2) is 27.8 Å². The van der Waals surface area contributed by atoms with Crippen LogP contribution in [-0.4, -0.2) is 45.0 Å². The van der Waals surface area contributed by atoms with E-state index < -0.39 is 0 Å². The molecule has 1 atom stereocenters. The van der Waals surface area contributed by atoms with Crippen LogP contribution in [0.1, 0.15) is 31.9 Å². The fraction of sp³-hybridized carbons (Fsp3) is 0.688. The molecule has 1 aliphatic rings. The van der Waals surface area contributed by atoms with Gasteiger partial charge in [0, 0.05) is 26.3 Å². The van der Waals surface area contributed by atoms with Crippen LogP contribution in [0.5, 0.6) is 0 Å². The molecule has 6 nitrogen and oxygen atoms in total. The van der Waals surface area contributed by atoms with Crippen LogP contribution in [0.2, 0.25) is 0 Å². The fourth-order valence-electron chi connectivity index (χ4n) is 2.27. The Balaban J connectivity index is 1.56. The third-order valence-corrected chi connectivity index (χ3v) is 3.40. The molecule has 0 saturated carbocycles. The molecule has 0 amide bonds. The number of guanidine groups is 1. The Kier molecular flexibility index (Phi) is 7.83. The lowest BCUT2D eigenvalue weighted by Gasteiger charge is -2.12. The molecule has 1 fully saturated rings. The van der Waals surface area contributed by atoms with Gasteiger partial charge in [-0.05, 0) is 38.3 Å². The third kappa shape index (κ3) is 6.49. The van der Waals surface area contributed by atoms with Gasteiger partial charge in [0.15, 0.2) is 5.96 Å². The van der Waals surface area contributed by atoms with Crippen molar-refractivity contribution >= 4 is 5.96 Å². The van der Waals surface area contributed by atoms with E-state index in [2.05, 4.69) is 22.5 Å². The van der Waals surface area contributed by atoms with Gasteiger partial charge in [0.2, 0.25) is 0 Å². The molecule has 124 valence electrons. The standard InChI is InChI=1S/C16H27N3O3/c1-2-17-16(19-12-14-6-3-10-21-14)18-8-5-9-20-13-15-7-4-11-22-15/h3,6,10,15H,2,4-5,7-9,11-13H2,1H3,(H2,17,18,19). The second kappa shape index (κ2) is 10.2. The van der Waals surface area contributed by atoms with Crippen LogP contribution in [0.3, 0.4) is 0 Å². The first-order valence-corrected chi connectivity index (χ1v) is 8.12. The molecule has 6 heteroatoms. The van der Waals surface area contributed by atoms with Gasteiger partial charge in [-0.15, -0.1) is 0 Å². The van der Waals surface area contributed by atoms with Crippen molar-refractivity contribution in [2.75, 3.05) is 32.9 Å². The van der Waals surface area contributed by atoms with E-state index in [-0.39, 0.29) is 0 Å². The Morgan fingerprint density at radius 3 is 3.14 bits per heavy atom. The van der Waals surface area contributed by atoms with E-state index in [9.17, 15) is 0 Å². The Hall–Kier alpha value is -1.53. The summed E-state index contributed by atoms with van der Waals surface area (Å²) in [5, 5.41) is 6.51. The molecule has 0 radical (unpaired) electrons. The summed E-state index contributed by atoms with van der Waals surface area (Å²) in [6, 6.07) is 3.79. The Bertz CT molecular complexity index is 414. The van der Waals surface area contributed by atoms with Crippen LogP contribution in [0.25, 0.3) is 0 Å². The summed E-state index contributed by atoms with van der Waals surface area (Å²) in [5.74, 6) is 1.66. The summed E-state index contributed by atoms with van der Waals surface area (Å²) >= 11 is 0. The van der Waals surface area contributed by atoms with Crippen LogP contribution < -0.4 is 10.6 Å². The van der Waals surface area contributed by atoms with Crippen molar-refractivity contribution in [1.82, 2.24) is 10.6 Å². The number of nitrogens with zero attached hydrogens (tertiary/aromatic N) is 1. The first kappa shape index (κ1) is 16.8. The number of rotatable bonds is 9. The maximum Gasteiger partial charge on any atom is 0.191 e. The van der Waals surface area contributed by atoms with E-state index in [4.69, 9.17) is 13.9 Å². The monoisotopic (exact) mass is 309 g/mol. The van der Waals surface area contributed by atoms with Gasteiger partial charge in [0.1, 0.15) is 12.3 Å². The molecular formula is C16H27N3O3. The van der Waals surface area contributed by atoms with Crippen molar-refractivity contribution in [3.8, 4) is 0 Å². The number of ether oxygens (including phenoxy) is 2. The van der Waals surface area contributed by atoms with Crippen LogP contribution >= 0.6 is 0 Å². The van der Waals surface area contributed by atoms with Crippen molar-refractivity contribution in [3.05, 3.63) is 24.2 Å². The van der Waals surface area contributed by atoms with Crippen molar-refractivity contribution in [1.29, 1.82) is 0 Å². The quantitative estimate of drug-likeness (QED) is 0.414. The molecule has 1 aliphatic heterocycles. The van der Waals surface area contributed by atoms with E-state index >= 15 is 0 Å². The molecule has 1 saturated heterocycles. The molecule has 2 rings (SSSR count). The van der Waals surface area contributed by atoms with Crippen molar-refractivity contribution in [2.45, 2.75) is 38.8 Å². The number of hydrogen-bond donors (Lipinski definition) is 2. The zero-order valence-electron chi connectivity index (χ0n) is 13.3. The van der Waals surface area contributed by atoms with Crippen LogP contribution in [-0.2, 0) is 16.0 Å². The zero-order valence-corrected chi connectivity index (χ0v) is 13.3. The molecule has 2 heterocycles. The fourth-order valence-corrected chi connectivity index (χ4v) is 2.27. The van der Waals surface area contributed by atoms with E-state index in [0.29, 0.717) is 19.3 Å². The van der Waals surface area contributed by atoms with E-state index in [1.807, 2.05) is 12.1 Å². The summed E-state index contributed by atoms with van der Waals surface area (Å²) in [6.07, 6.45) is 5.20. The van der Waals surface area contributed by atoms with Crippen molar-refractivity contribution in [2.24, 2.45) is 4.99 Å². The Labute approximate surface area is 132 Å². The van der Waals surface area contributed by atoms with Gasteiger partial charge in [0.05, 0.1) is 19.0 Å². The lowest BCUT2D eigenvalue weighted by Crippen LogP contribution is -2.38. The molecule has 1 aromatic heterocycles. The smallest absolute Gasteiger partial charge is 0.191 e.